The Kier molecular flexibility index (Phi) is 3.99. The summed E-state index contributed by atoms with van der Waals surface area (Å²) in [4.78, 5) is 23.7. The van der Waals surface area contributed by atoms with Crippen molar-refractivity contribution in [2.45, 2.75) is 18.8 Å². The lowest BCUT2D eigenvalue weighted by molar-refractivity contribution is -0.385. The first-order valence-electron chi connectivity index (χ1n) is 8.18. The lowest BCUT2D eigenvalue weighted by atomic mass is 10.0. The summed E-state index contributed by atoms with van der Waals surface area (Å²) in [7, 11) is 1.56. The molecule has 7 nitrogen and oxygen atoms in total. The third kappa shape index (κ3) is 2.76. The highest BCUT2D eigenvalue weighted by Crippen LogP contribution is 2.45. The zero-order valence-corrected chi connectivity index (χ0v) is 15.5. The van der Waals surface area contributed by atoms with Crippen molar-refractivity contribution in [3.63, 3.8) is 0 Å². The highest BCUT2D eigenvalue weighted by molar-refractivity contribution is 9.10. The van der Waals surface area contributed by atoms with E-state index in [0.717, 1.165) is 17.3 Å². The second kappa shape index (κ2) is 6.21. The average Bonchev–Trinajstić information content (AvgIpc) is 3.41. The number of nitrogens with zero attached hydrogens (tertiary/aromatic N) is 3. The minimum atomic E-state index is -0.370. The zero-order chi connectivity index (χ0) is 18.4. The van der Waals surface area contributed by atoms with Gasteiger partial charge in [0.05, 0.1) is 10.6 Å². The number of fused-ring (bicyclic) bond motifs is 1. The van der Waals surface area contributed by atoms with Crippen molar-refractivity contribution in [2.24, 2.45) is 0 Å². The van der Waals surface area contributed by atoms with Gasteiger partial charge in [0.25, 0.3) is 11.6 Å². The van der Waals surface area contributed by atoms with Gasteiger partial charge in [0.2, 0.25) is 0 Å². The van der Waals surface area contributed by atoms with Crippen LogP contribution in [0.15, 0.2) is 40.9 Å². The molecule has 8 heteroatoms. The smallest absolute Gasteiger partial charge is 0.275 e. The molecule has 1 amide bonds. The van der Waals surface area contributed by atoms with E-state index in [1.165, 1.54) is 10.7 Å². The summed E-state index contributed by atoms with van der Waals surface area (Å²) in [6.07, 6.45) is 1.87. The number of amides is 1. The van der Waals surface area contributed by atoms with Crippen LogP contribution in [0, 0.1) is 10.1 Å². The van der Waals surface area contributed by atoms with E-state index < -0.39 is 0 Å². The Labute approximate surface area is 157 Å². The molecule has 0 aliphatic heterocycles. The molecule has 0 spiro atoms. The Hall–Kier alpha value is -2.74. The van der Waals surface area contributed by atoms with Gasteiger partial charge >= 0.3 is 0 Å². The number of nitro groups is 1. The molecule has 1 aliphatic carbocycles. The summed E-state index contributed by atoms with van der Waals surface area (Å²) in [6, 6.07) is 10.6. The summed E-state index contributed by atoms with van der Waals surface area (Å²) in [6.45, 7) is 0. The zero-order valence-electron chi connectivity index (χ0n) is 13.9. The molecule has 0 bridgehead atoms. The number of carbonyl (C=O) groups excluding carboxylic acids is 1. The van der Waals surface area contributed by atoms with Crippen LogP contribution < -0.4 is 5.32 Å². The molecule has 1 fully saturated rings. The molecule has 1 heterocycles. The summed E-state index contributed by atoms with van der Waals surface area (Å²) in [5.41, 5.74) is 2.27. The Morgan fingerprint density at radius 1 is 1.31 bits per heavy atom. The van der Waals surface area contributed by atoms with Gasteiger partial charge in [-0.1, -0.05) is 15.9 Å². The second-order valence-corrected chi connectivity index (χ2v) is 7.19. The Bertz CT molecular complexity index is 1040. The summed E-state index contributed by atoms with van der Waals surface area (Å²) in [5, 5.41) is 19.2. The van der Waals surface area contributed by atoms with Crippen LogP contribution in [0.25, 0.3) is 16.6 Å². The highest BCUT2D eigenvalue weighted by atomic mass is 79.9. The quantitative estimate of drug-likeness (QED) is 0.517. The monoisotopic (exact) mass is 414 g/mol. The Balaban J connectivity index is 2.01. The van der Waals surface area contributed by atoms with Gasteiger partial charge in [-0.05, 0) is 49.1 Å². The number of hydrogen-bond acceptors (Lipinski definition) is 4. The average molecular weight is 415 g/mol. The summed E-state index contributed by atoms with van der Waals surface area (Å²) < 4.78 is 2.45. The van der Waals surface area contributed by atoms with Gasteiger partial charge in [0.15, 0.2) is 0 Å². The van der Waals surface area contributed by atoms with Crippen LogP contribution in [0.5, 0.6) is 0 Å². The Morgan fingerprint density at radius 3 is 2.58 bits per heavy atom. The van der Waals surface area contributed by atoms with Gasteiger partial charge in [0, 0.05) is 28.5 Å². The van der Waals surface area contributed by atoms with E-state index in [2.05, 4.69) is 26.3 Å². The van der Waals surface area contributed by atoms with Crippen molar-refractivity contribution in [1.29, 1.82) is 0 Å². The summed E-state index contributed by atoms with van der Waals surface area (Å²) in [5.74, 6) is -0.0978. The van der Waals surface area contributed by atoms with E-state index in [1.807, 2.05) is 24.3 Å². The number of halogens is 1. The molecule has 2 aromatic carbocycles. The van der Waals surface area contributed by atoms with Crippen LogP contribution in [0.3, 0.4) is 0 Å². The number of aromatic nitrogens is 2. The van der Waals surface area contributed by atoms with Crippen molar-refractivity contribution in [3.8, 4) is 5.69 Å². The van der Waals surface area contributed by atoms with Crippen LogP contribution >= 0.6 is 15.9 Å². The molecule has 1 aliphatic rings. The molecule has 1 N–H and O–H groups in total. The Morgan fingerprint density at radius 2 is 2.00 bits per heavy atom. The fraction of sp³-hybridized carbons (Fsp3) is 0.222. The van der Waals surface area contributed by atoms with Crippen LogP contribution in [-0.2, 0) is 0 Å². The third-order valence-electron chi connectivity index (χ3n) is 4.55. The fourth-order valence-corrected chi connectivity index (χ4v) is 3.39. The molecule has 1 saturated carbocycles. The van der Waals surface area contributed by atoms with Crippen molar-refractivity contribution >= 4 is 38.4 Å². The molecule has 0 atom stereocenters. The van der Waals surface area contributed by atoms with Crippen LogP contribution in [0.1, 0.15) is 34.8 Å². The normalized spacial score (nSPS) is 13.8. The first-order chi connectivity index (χ1) is 12.5. The number of nitrogens with one attached hydrogen (secondary N) is 1. The molecule has 26 heavy (non-hydrogen) atoms. The first kappa shape index (κ1) is 16.7. The van der Waals surface area contributed by atoms with E-state index in [9.17, 15) is 14.9 Å². The maximum absolute atomic E-state index is 12.6. The standard InChI is InChI=1S/C18H15BrN4O3/c1-20-18(24)17-14-8-13(10-2-3-10)16(23(25)26)9-15(14)21-22(17)12-6-4-11(19)5-7-12/h4-10H,2-3H2,1H3,(H,20,24). The lowest BCUT2D eigenvalue weighted by Crippen LogP contribution is -2.21. The van der Waals surface area contributed by atoms with Gasteiger partial charge in [-0.15, -0.1) is 0 Å². The van der Waals surface area contributed by atoms with Gasteiger partial charge in [-0.2, -0.15) is 5.10 Å². The minimum absolute atomic E-state index is 0.0731. The predicted molar refractivity (Wildman–Crippen MR) is 101 cm³/mol. The van der Waals surface area contributed by atoms with E-state index in [-0.39, 0.29) is 22.4 Å². The van der Waals surface area contributed by atoms with E-state index in [0.29, 0.717) is 27.8 Å². The molecule has 0 unspecified atom stereocenters. The van der Waals surface area contributed by atoms with Crippen molar-refractivity contribution in [3.05, 3.63) is 62.2 Å². The van der Waals surface area contributed by atoms with Crippen LogP contribution in [-0.4, -0.2) is 27.7 Å². The molecule has 1 aromatic heterocycles. The predicted octanol–water partition coefficient (Wildman–Crippen LogP) is 3.93. The number of nitro benzene ring substituents is 1. The molecular formula is C18H15BrN4O3. The van der Waals surface area contributed by atoms with E-state index >= 15 is 0 Å². The topological polar surface area (TPSA) is 90.1 Å². The van der Waals surface area contributed by atoms with Gasteiger partial charge in [-0.25, -0.2) is 4.68 Å². The minimum Gasteiger partial charge on any atom is -0.354 e. The maximum Gasteiger partial charge on any atom is 0.275 e. The van der Waals surface area contributed by atoms with Crippen LogP contribution in [0.4, 0.5) is 5.69 Å². The maximum atomic E-state index is 12.6. The van der Waals surface area contributed by atoms with Crippen LogP contribution in [0.2, 0.25) is 0 Å². The molecule has 0 saturated heterocycles. The van der Waals surface area contributed by atoms with Crippen molar-refractivity contribution < 1.29 is 9.72 Å². The summed E-state index contributed by atoms with van der Waals surface area (Å²) >= 11 is 3.39. The molecule has 132 valence electrons. The highest BCUT2D eigenvalue weighted by Gasteiger charge is 2.32. The SMILES string of the molecule is CNC(=O)c1c2cc(C3CC3)c([N+](=O)[O-])cc2nn1-c1ccc(Br)cc1. The van der Waals surface area contributed by atoms with Gasteiger partial charge in [0.1, 0.15) is 11.2 Å². The number of carbonyl (C=O) groups is 1. The molecule has 4 rings (SSSR count). The van der Waals surface area contributed by atoms with Gasteiger partial charge in [-0.3, -0.25) is 14.9 Å². The first-order valence-corrected chi connectivity index (χ1v) is 8.98. The molecular weight excluding hydrogens is 400 g/mol. The number of hydrogen-bond donors (Lipinski definition) is 1. The second-order valence-electron chi connectivity index (χ2n) is 6.28. The van der Waals surface area contributed by atoms with Crippen molar-refractivity contribution in [1.82, 2.24) is 15.1 Å². The van der Waals surface area contributed by atoms with E-state index in [4.69, 9.17) is 0 Å². The largest absolute Gasteiger partial charge is 0.354 e. The van der Waals surface area contributed by atoms with E-state index in [1.54, 1.807) is 13.1 Å². The van der Waals surface area contributed by atoms with Gasteiger partial charge < -0.3 is 5.32 Å². The number of benzene rings is 2. The van der Waals surface area contributed by atoms with Crippen molar-refractivity contribution in [2.75, 3.05) is 7.05 Å². The fourth-order valence-electron chi connectivity index (χ4n) is 3.12. The third-order valence-corrected chi connectivity index (χ3v) is 5.08. The number of rotatable bonds is 4. The molecule has 3 aromatic rings. The lowest BCUT2D eigenvalue weighted by Gasteiger charge is -2.07. The molecule has 0 radical (unpaired) electrons.